The van der Waals surface area contributed by atoms with E-state index in [1.54, 1.807) is 6.20 Å². The Morgan fingerprint density at radius 2 is 2.03 bits per heavy atom. The first-order valence-electron chi connectivity index (χ1n) is 11.5. The van der Waals surface area contributed by atoms with Gasteiger partial charge in [-0.1, -0.05) is 23.7 Å². The van der Waals surface area contributed by atoms with Gasteiger partial charge in [-0.2, -0.15) is 0 Å². The number of benzene rings is 1. The van der Waals surface area contributed by atoms with Gasteiger partial charge < -0.3 is 15.3 Å². The molecule has 2 bridgehead atoms. The maximum atomic E-state index is 12.7. The maximum absolute atomic E-state index is 12.7. The molecule has 2 saturated heterocycles. The molecule has 0 unspecified atom stereocenters. The van der Waals surface area contributed by atoms with Crippen LogP contribution in [0, 0.1) is 6.92 Å². The fraction of sp³-hybridized carbons (Fsp3) is 0.400. The molecule has 4 heterocycles. The highest BCUT2D eigenvalue weighted by molar-refractivity contribution is 6.31. The van der Waals surface area contributed by atoms with E-state index in [1.807, 2.05) is 37.3 Å². The molecule has 2 atom stereocenters. The molecule has 1 amide bonds. The molecule has 7 nitrogen and oxygen atoms in total. The smallest absolute Gasteiger partial charge is 0.274 e. The van der Waals surface area contributed by atoms with Gasteiger partial charge in [0.15, 0.2) is 11.4 Å². The number of fused-ring (bicyclic) bond motifs is 3. The highest BCUT2D eigenvalue weighted by Crippen LogP contribution is 2.41. The van der Waals surface area contributed by atoms with E-state index in [2.05, 4.69) is 20.1 Å². The number of aromatic hydroxyl groups is 1. The third-order valence-electron chi connectivity index (χ3n) is 7.16. The molecule has 2 aliphatic heterocycles. The predicted molar refractivity (Wildman–Crippen MR) is 128 cm³/mol. The Morgan fingerprint density at radius 1 is 1.18 bits per heavy atom. The van der Waals surface area contributed by atoms with Crippen molar-refractivity contribution >= 4 is 34.2 Å². The fourth-order valence-electron chi connectivity index (χ4n) is 5.29. The lowest BCUT2D eigenvalue weighted by Gasteiger charge is -2.35. The summed E-state index contributed by atoms with van der Waals surface area (Å²) in [7, 11) is 0. The highest BCUT2D eigenvalue weighted by Gasteiger charge is 2.48. The van der Waals surface area contributed by atoms with E-state index in [0.29, 0.717) is 28.0 Å². The predicted octanol–water partition coefficient (Wildman–Crippen LogP) is 3.65. The molecule has 8 heteroatoms. The number of piperazine rings is 1. The number of nitrogens with zero attached hydrogens (tertiary/aromatic N) is 4. The molecule has 2 N–H and O–H groups in total. The van der Waals surface area contributed by atoms with Crippen molar-refractivity contribution in [3.8, 4) is 5.75 Å². The highest BCUT2D eigenvalue weighted by atomic mass is 35.5. The molecular weight excluding hydrogens is 438 g/mol. The molecule has 3 aromatic rings. The molecule has 1 saturated carbocycles. The van der Waals surface area contributed by atoms with Gasteiger partial charge in [-0.3, -0.25) is 9.69 Å². The van der Waals surface area contributed by atoms with E-state index in [4.69, 9.17) is 16.6 Å². The first-order chi connectivity index (χ1) is 16.0. The second kappa shape index (κ2) is 7.85. The third kappa shape index (κ3) is 3.69. The van der Waals surface area contributed by atoms with E-state index in [9.17, 15) is 9.90 Å². The SMILES string of the molecule is Cc1ccc(CNC(=O)c2ncc3nc(N4C[C@@H]5C[C@H]4CN5C4CC4)ccc3c2O)c(Cl)c1. The second-order valence-corrected chi connectivity index (χ2v) is 9.87. The van der Waals surface area contributed by atoms with E-state index in [0.717, 1.165) is 36.1 Å². The van der Waals surface area contributed by atoms with Crippen LogP contribution in [0.2, 0.25) is 5.02 Å². The molecule has 1 aliphatic carbocycles. The topological polar surface area (TPSA) is 81.6 Å². The summed E-state index contributed by atoms with van der Waals surface area (Å²) in [6.45, 7) is 4.33. The minimum absolute atomic E-state index is 0.0133. The lowest BCUT2D eigenvalue weighted by Crippen LogP contribution is -2.47. The number of carbonyl (C=O) groups excluding carboxylic acids is 1. The summed E-state index contributed by atoms with van der Waals surface area (Å²) in [5.41, 5.74) is 2.44. The van der Waals surface area contributed by atoms with Crippen LogP contribution in [0.15, 0.2) is 36.5 Å². The van der Waals surface area contributed by atoms with Gasteiger partial charge in [0.25, 0.3) is 5.91 Å². The molecule has 0 spiro atoms. The van der Waals surface area contributed by atoms with Gasteiger partial charge >= 0.3 is 0 Å². The van der Waals surface area contributed by atoms with Gasteiger partial charge in [0.1, 0.15) is 5.82 Å². The van der Waals surface area contributed by atoms with Crippen LogP contribution in [0.25, 0.3) is 10.9 Å². The van der Waals surface area contributed by atoms with Gasteiger partial charge in [0.2, 0.25) is 0 Å². The zero-order valence-corrected chi connectivity index (χ0v) is 19.2. The zero-order chi connectivity index (χ0) is 22.7. The van der Waals surface area contributed by atoms with Crippen LogP contribution in [-0.4, -0.2) is 57.1 Å². The first kappa shape index (κ1) is 20.7. The van der Waals surface area contributed by atoms with E-state index in [-0.39, 0.29) is 18.0 Å². The van der Waals surface area contributed by atoms with Crippen molar-refractivity contribution in [1.82, 2.24) is 20.2 Å². The largest absolute Gasteiger partial charge is 0.505 e. The van der Waals surface area contributed by atoms with Crippen LogP contribution in [0.1, 0.15) is 40.9 Å². The van der Waals surface area contributed by atoms with Crippen LogP contribution in [-0.2, 0) is 6.54 Å². The number of hydrogen-bond donors (Lipinski definition) is 2. The molecule has 2 aromatic heterocycles. The zero-order valence-electron chi connectivity index (χ0n) is 18.5. The normalized spacial score (nSPS) is 22.3. The van der Waals surface area contributed by atoms with Crippen molar-refractivity contribution in [1.29, 1.82) is 0 Å². The van der Waals surface area contributed by atoms with Gasteiger partial charge in [0, 0.05) is 48.2 Å². The average molecular weight is 464 g/mol. The number of amides is 1. The van der Waals surface area contributed by atoms with Gasteiger partial charge in [-0.05, 0) is 55.5 Å². The van der Waals surface area contributed by atoms with Crippen molar-refractivity contribution in [2.24, 2.45) is 0 Å². The van der Waals surface area contributed by atoms with Gasteiger partial charge in [-0.15, -0.1) is 0 Å². The second-order valence-electron chi connectivity index (χ2n) is 9.46. The number of halogens is 1. The number of pyridine rings is 2. The van der Waals surface area contributed by atoms with Crippen LogP contribution in [0.3, 0.4) is 0 Å². The van der Waals surface area contributed by atoms with Gasteiger partial charge in [0.05, 0.1) is 11.7 Å². The number of anilines is 1. The summed E-state index contributed by atoms with van der Waals surface area (Å²) in [6.07, 6.45) is 5.45. The Kier molecular flexibility index (Phi) is 4.92. The fourth-order valence-corrected chi connectivity index (χ4v) is 5.59. The van der Waals surface area contributed by atoms with Crippen molar-refractivity contribution in [3.63, 3.8) is 0 Å². The van der Waals surface area contributed by atoms with Crippen LogP contribution < -0.4 is 10.2 Å². The van der Waals surface area contributed by atoms with Crippen molar-refractivity contribution < 1.29 is 9.90 Å². The Hall–Kier alpha value is -2.90. The number of rotatable bonds is 5. The maximum Gasteiger partial charge on any atom is 0.274 e. The number of nitrogens with one attached hydrogen (secondary N) is 1. The number of aryl methyl sites for hydroxylation is 1. The van der Waals surface area contributed by atoms with Crippen LogP contribution in [0.5, 0.6) is 5.75 Å². The number of carbonyl (C=O) groups is 1. The van der Waals surface area contributed by atoms with Crippen LogP contribution in [0.4, 0.5) is 5.82 Å². The van der Waals surface area contributed by atoms with E-state index >= 15 is 0 Å². The van der Waals surface area contributed by atoms with E-state index in [1.165, 1.54) is 19.3 Å². The lowest BCUT2D eigenvalue weighted by atomic mass is 10.1. The quantitative estimate of drug-likeness (QED) is 0.601. The Balaban J connectivity index is 1.19. The van der Waals surface area contributed by atoms with Gasteiger partial charge in [-0.25, -0.2) is 9.97 Å². The Bertz CT molecular complexity index is 1260. The van der Waals surface area contributed by atoms with Crippen LogP contribution >= 0.6 is 11.6 Å². The standard InChI is InChI=1S/C25H26ClN5O2/c1-14-2-3-15(20(26)8-14)10-28-25(33)23-24(32)19-6-7-22(29-21(19)11-27-23)31-13-17-9-18(31)12-30(17)16-4-5-16/h2-3,6-8,11,16-18,32H,4-5,9-10,12-13H2,1H3,(H,28,33)/t17-,18-/m0/s1. The van der Waals surface area contributed by atoms with Crippen molar-refractivity contribution in [3.05, 3.63) is 58.4 Å². The van der Waals surface area contributed by atoms with E-state index < -0.39 is 5.91 Å². The molecule has 6 rings (SSSR count). The minimum Gasteiger partial charge on any atom is -0.505 e. The number of hydrogen-bond acceptors (Lipinski definition) is 6. The molecule has 3 aliphatic rings. The summed E-state index contributed by atoms with van der Waals surface area (Å²) in [4.78, 5) is 26.8. The molecule has 0 radical (unpaired) electrons. The minimum atomic E-state index is -0.452. The lowest BCUT2D eigenvalue weighted by molar-refractivity contribution is 0.0943. The summed E-state index contributed by atoms with van der Waals surface area (Å²) in [5, 5.41) is 14.7. The molecular formula is C25H26ClN5O2. The molecule has 1 aromatic carbocycles. The Labute approximate surface area is 197 Å². The summed E-state index contributed by atoms with van der Waals surface area (Å²) in [6, 6.07) is 11.4. The molecule has 170 valence electrons. The Morgan fingerprint density at radius 3 is 2.76 bits per heavy atom. The number of aromatic nitrogens is 2. The van der Waals surface area contributed by atoms with Crippen molar-refractivity contribution in [2.45, 2.75) is 50.9 Å². The first-order valence-corrected chi connectivity index (χ1v) is 11.9. The van der Waals surface area contributed by atoms with Crippen molar-refractivity contribution in [2.75, 3.05) is 18.0 Å². The summed E-state index contributed by atoms with van der Waals surface area (Å²) < 4.78 is 0. The average Bonchev–Trinajstić information content (AvgIpc) is 3.46. The summed E-state index contributed by atoms with van der Waals surface area (Å²) >= 11 is 6.26. The number of likely N-dealkylation sites (tertiary alicyclic amines) is 1. The third-order valence-corrected chi connectivity index (χ3v) is 7.51. The summed E-state index contributed by atoms with van der Waals surface area (Å²) in [5.74, 6) is 0.312. The monoisotopic (exact) mass is 463 g/mol. The molecule has 3 fully saturated rings. The molecule has 33 heavy (non-hydrogen) atoms.